The van der Waals surface area contributed by atoms with Crippen LogP contribution in [-0.4, -0.2) is 22.6 Å². The minimum Gasteiger partial charge on any atom is -0.370 e. The summed E-state index contributed by atoms with van der Waals surface area (Å²) in [6.07, 6.45) is 5.03. The molecule has 0 aliphatic heterocycles. The van der Waals surface area contributed by atoms with E-state index in [1.54, 1.807) is 12.4 Å². The maximum absolute atomic E-state index is 6.15. The Hall–Kier alpha value is -1.78. The van der Waals surface area contributed by atoms with Crippen LogP contribution >= 0.6 is 0 Å². The molecule has 106 valence electrons. The lowest BCUT2D eigenvalue weighted by atomic mass is 10.1. The molecule has 2 aromatic heterocycles. The van der Waals surface area contributed by atoms with Crippen molar-refractivity contribution in [3.8, 4) is 0 Å². The van der Waals surface area contributed by atoms with Gasteiger partial charge in [-0.05, 0) is 30.7 Å². The van der Waals surface area contributed by atoms with E-state index < -0.39 is 0 Å². The number of ether oxygens (including phenoxy) is 1. The van der Waals surface area contributed by atoms with Gasteiger partial charge in [0.1, 0.15) is 6.10 Å². The molecule has 0 saturated heterocycles. The summed E-state index contributed by atoms with van der Waals surface area (Å²) >= 11 is 0. The van der Waals surface area contributed by atoms with Gasteiger partial charge in [0.05, 0.1) is 12.3 Å². The van der Waals surface area contributed by atoms with Crippen molar-refractivity contribution >= 4 is 0 Å². The summed E-state index contributed by atoms with van der Waals surface area (Å²) in [5, 5.41) is 0. The zero-order chi connectivity index (χ0) is 14.2. The third-order valence-corrected chi connectivity index (χ3v) is 3.22. The normalized spacial score (nSPS) is 13.9. The van der Waals surface area contributed by atoms with Crippen molar-refractivity contribution in [2.24, 2.45) is 5.73 Å². The molecule has 0 radical (unpaired) electrons. The molecular weight excluding hydrogens is 250 g/mol. The van der Waals surface area contributed by atoms with Crippen LogP contribution < -0.4 is 5.73 Å². The molecule has 2 heterocycles. The topological polar surface area (TPSA) is 61.0 Å². The average molecular weight is 271 g/mol. The summed E-state index contributed by atoms with van der Waals surface area (Å²) in [6, 6.07) is 11.7. The molecule has 4 nitrogen and oxygen atoms in total. The van der Waals surface area contributed by atoms with Crippen LogP contribution in [0, 0.1) is 0 Å². The van der Waals surface area contributed by atoms with Gasteiger partial charge in [0.25, 0.3) is 0 Å². The molecule has 0 amide bonds. The second-order valence-corrected chi connectivity index (χ2v) is 4.69. The zero-order valence-electron chi connectivity index (χ0n) is 11.8. The molecule has 0 bridgehead atoms. The Kier molecular flexibility index (Phi) is 5.65. The molecule has 0 aliphatic rings. The molecule has 0 aromatic carbocycles. The van der Waals surface area contributed by atoms with Crippen LogP contribution in [0.25, 0.3) is 0 Å². The van der Waals surface area contributed by atoms with Gasteiger partial charge in [-0.2, -0.15) is 0 Å². The summed E-state index contributed by atoms with van der Waals surface area (Å²) in [5.41, 5.74) is 8.06. The Morgan fingerprint density at radius 2 is 1.85 bits per heavy atom. The molecular formula is C16H21N3O. The Bertz CT molecular complexity index is 490. The fourth-order valence-corrected chi connectivity index (χ4v) is 2.02. The van der Waals surface area contributed by atoms with E-state index in [0.29, 0.717) is 6.61 Å². The first kappa shape index (κ1) is 14.6. The van der Waals surface area contributed by atoms with Gasteiger partial charge in [0, 0.05) is 30.6 Å². The van der Waals surface area contributed by atoms with Gasteiger partial charge in [0.2, 0.25) is 0 Å². The van der Waals surface area contributed by atoms with Crippen molar-refractivity contribution in [2.75, 3.05) is 6.61 Å². The molecule has 0 fully saturated rings. The van der Waals surface area contributed by atoms with Crippen molar-refractivity contribution < 1.29 is 4.74 Å². The summed E-state index contributed by atoms with van der Waals surface area (Å²) in [5.74, 6) is 0. The lowest BCUT2D eigenvalue weighted by molar-refractivity contribution is 0.0322. The van der Waals surface area contributed by atoms with Gasteiger partial charge >= 0.3 is 0 Å². The van der Waals surface area contributed by atoms with Crippen molar-refractivity contribution in [3.63, 3.8) is 0 Å². The van der Waals surface area contributed by atoms with E-state index in [9.17, 15) is 0 Å². The molecule has 2 atom stereocenters. The van der Waals surface area contributed by atoms with Crippen LogP contribution in [-0.2, 0) is 11.2 Å². The van der Waals surface area contributed by atoms with Crippen LogP contribution in [0.3, 0.4) is 0 Å². The first-order chi connectivity index (χ1) is 9.81. The van der Waals surface area contributed by atoms with Crippen molar-refractivity contribution in [3.05, 3.63) is 60.2 Å². The first-order valence-corrected chi connectivity index (χ1v) is 6.99. The molecule has 2 aromatic rings. The van der Waals surface area contributed by atoms with E-state index in [-0.39, 0.29) is 12.1 Å². The van der Waals surface area contributed by atoms with Crippen molar-refractivity contribution in [1.29, 1.82) is 0 Å². The van der Waals surface area contributed by atoms with E-state index in [4.69, 9.17) is 10.5 Å². The summed E-state index contributed by atoms with van der Waals surface area (Å²) < 4.78 is 5.96. The summed E-state index contributed by atoms with van der Waals surface area (Å²) in [6.45, 7) is 2.65. The fraction of sp³-hybridized carbons (Fsp3) is 0.375. The van der Waals surface area contributed by atoms with Gasteiger partial charge in [0.15, 0.2) is 0 Å². The van der Waals surface area contributed by atoms with E-state index >= 15 is 0 Å². The number of nitrogens with zero attached hydrogens (tertiary/aromatic N) is 2. The van der Waals surface area contributed by atoms with Gasteiger partial charge in [-0.1, -0.05) is 19.1 Å². The third-order valence-electron chi connectivity index (χ3n) is 3.22. The SMILES string of the molecule is CCC(N)C(OCCc1ccccn1)c1ccccn1. The number of hydrogen-bond donors (Lipinski definition) is 1. The van der Waals surface area contributed by atoms with Crippen LogP contribution in [0.1, 0.15) is 30.8 Å². The number of hydrogen-bond acceptors (Lipinski definition) is 4. The summed E-state index contributed by atoms with van der Waals surface area (Å²) in [7, 11) is 0. The minimum absolute atomic E-state index is 0.0476. The van der Waals surface area contributed by atoms with E-state index in [2.05, 4.69) is 16.9 Å². The Balaban J connectivity index is 1.95. The lowest BCUT2D eigenvalue weighted by Crippen LogP contribution is -2.30. The smallest absolute Gasteiger partial charge is 0.114 e. The highest BCUT2D eigenvalue weighted by molar-refractivity contribution is 5.09. The number of pyridine rings is 2. The van der Waals surface area contributed by atoms with Crippen LogP contribution in [0.2, 0.25) is 0 Å². The predicted octanol–water partition coefficient (Wildman–Crippen LogP) is 2.51. The van der Waals surface area contributed by atoms with Crippen molar-refractivity contribution in [1.82, 2.24) is 9.97 Å². The highest BCUT2D eigenvalue weighted by atomic mass is 16.5. The highest BCUT2D eigenvalue weighted by Gasteiger charge is 2.20. The molecule has 2 rings (SSSR count). The standard InChI is InChI=1S/C16H21N3O/c1-2-14(17)16(15-8-4-6-11-19-15)20-12-9-13-7-3-5-10-18-13/h3-8,10-11,14,16H,2,9,12,17H2,1H3. The highest BCUT2D eigenvalue weighted by Crippen LogP contribution is 2.20. The maximum Gasteiger partial charge on any atom is 0.114 e. The third kappa shape index (κ3) is 4.11. The van der Waals surface area contributed by atoms with Crippen LogP contribution in [0.15, 0.2) is 48.8 Å². The second-order valence-electron chi connectivity index (χ2n) is 4.69. The van der Waals surface area contributed by atoms with Crippen molar-refractivity contribution in [2.45, 2.75) is 31.9 Å². The lowest BCUT2D eigenvalue weighted by Gasteiger charge is -2.22. The fourth-order valence-electron chi connectivity index (χ4n) is 2.02. The molecule has 20 heavy (non-hydrogen) atoms. The molecule has 4 heteroatoms. The van der Waals surface area contributed by atoms with Gasteiger partial charge in [-0.3, -0.25) is 9.97 Å². The average Bonchev–Trinajstić information content (AvgIpc) is 2.53. The van der Waals surface area contributed by atoms with Gasteiger partial charge in [-0.15, -0.1) is 0 Å². The van der Waals surface area contributed by atoms with Gasteiger partial charge < -0.3 is 10.5 Å². The van der Waals surface area contributed by atoms with E-state index in [1.807, 2.05) is 36.4 Å². The Labute approximate surface area is 120 Å². The Morgan fingerprint density at radius 3 is 2.45 bits per heavy atom. The molecule has 2 N–H and O–H groups in total. The number of rotatable bonds is 7. The van der Waals surface area contributed by atoms with E-state index in [1.165, 1.54) is 0 Å². The quantitative estimate of drug-likeness (QED) is 0.840. The summed E-state index contributed by atoms with van der Waals surface area (Å²) in [4.78, 5) is 8.64. The maximum atomic E-state index is 6.15. The van der Waals surface area contributed by atoms with Crippen LogP contribution in [0.4, 0.5) is 0 Å². The minimum atomic E-state index is -0.162. The molecule has 0 saturated carbocycles. The zero-order valence-corrected chi connectivity index (χ0v) is 11.8. The molecule has 0 spiro atoms. The van der Waals surface area contributed by atoms with Gasteiger partial charge in [-0.25, -0.2) is 0 Å². The largest absolute Gasteiger partial charge is 0.370 e. The molecule has 2 unspecified atom stereocenters. The predicted molar refractivity (Wildman–Crippen MR) is 79.1 cm³/mol. The first-order valence-electron chi connectivity index (χ1n) is 6.99. The monoisotopic (exact) mass is 271 g/mol. The number of aromatic nitrogens is 2. The Morgan fingerprint density at radius 1 is 1.10 bits per heavy atom. The molecule has 0 aliphatic carbocycles. The second kappa shape index (κ2) is 7.72. The van der Waals surface area contributed by atoms with E-state index in [0.717, 1.165) is 24.2 Å². The number of nitrogens with two attached hydrogens (primary N) is 1. The van der Waals surface area contributed by atoms with Crippen LogP contribution in [0.5, 0.6) is 0 Å².